The number of carbonyl (C=O) groups is 2. The van der Waals surface area contributed by atoms with Gasteiger partial charge in [0.2, 0.25) is 0 Å². The normalized spacial score (nSPS) is 18.2. The Morgan fingerprint density at radius 3 is 2.61 bits per heavy atom. The van der Waals surface area contributed by atoms with Crippen LogP contribution in [-0.2, 0) is 11.2 Å². The third-order valence-corrected chi connectivity index (χ3v) is 4.51. The minimum absolute atomic E-state index is 0.150. The molecule has 1 aromatic heterocycles. The maximum Gasteiger partial charge on any atom is 0.325 e. The lowest BCUT2D eigenvalue weighted by molar-refractivity contribution is -0.127. The van der Waals surface area contributed by atoms with Crippen LogP contribution in [0.2, 0.25) is 0 Å². The number of thiophene rings is 1. The van der Waals surface area contributed by atoms with Crippen molar-refractivity contribution in [2.24, 2.45) is 0 Å². The van der Waals surface area contributed by atoms with Crippen LogP contribution >= 0.6 is 11.3 Å². The third-order valence-electron chi connectivity index (χ3n) is 3.78. The maximum atomic E-state index is 12.0. The van der Waals surface area contributed by atoms with Crippen LogP contribution in [0.4, 0.5) is 4.79 Å². The number of imide groups is 1. The molecule has 1 saturated heterocycles. The Bertz CT molecular complexity index is 438. The molecule has 4 nitrogen and oxygen atoms in total. The second-order valence-corrected chi connectivity index (χ2v) is 5.31. The first-order valence-corrected chi connectivity index (χ1v) is 7.22. The Balaban J connectivity index is 2.13. The Hall–Kier alpha value is -1.36. The number of hydrogen-bond acceptors (Lipinski definition) is 3. The fraction of sp³-hybridized carbons (Fsp3) is 0.538. The molecule has 0 aliphatic carbocycles. The summed E-state index contributed by atoms with van der Waals surface area (Å²) in [4.78, 5) is 25.5. The summed E-state index contributed by atoms with van der Waals surface area (Å²) in [6, 6.07) is 1.80. The van der Waals surface area contributed by atoms with Crippen molar-refractivity contribution in [2.45, 2.75) is 38.6 Å². The van der Waals surface area contributed by atoms with Crippen LogP contribution in [0.5, 0.6) is 0 Å². The zero-order valence-electron chi connectivity index (χ0n) is 10.7. The Labute approximate surface area is 111 Å². The van der Waals surface area contributed by atoms with Gasteiger partial charge in [0.25, 0.3) is 5.91 Å². The van der Waals surface area contributed by atoms with Crippen LogP contribution in [0, 0.1) is 0 Å². The van der Waals surface area contributed by atoms with Gasteiger partial charge in [0, 0.05) is 6.54 Å². The molecule has 1 aliphatic heterocycles. The predicted octanol–water partition coefficient (Wildman–Crippen LogP) is 2.40. The second kappa shape index (κ2) is 5.10. The largest absolute Gasteiger partial charge is 0.325 e. The van der Waals surface area contributed by atoms with Crippen LogP contribution < -0.4 is 5.32 Å². The fourth-order valence-electron chi connectivity index (χ4n) is 2.54. The van der Waals surface area contributed by atoms with Crippen molar-refractivity contribution in [1.29, 1.82) is 0 Å². The molecular formula is C13H18N2O2S. The van der Waals surface area contributed by atoms with Crippen molar-refractivity contribution in [3.05, 3.63) is 22.4 Å². The van der Waals surface area contributed by atoms with Gasteiger partial charge >= 0.3 is 6.03 Å². The Morgan fingerprint density at radius 2 is 2.06 bits per heavy atom. The van der Waals surface area contributed by atoms with Crippen molar-refractivity contribution in [2.75, 3.05) is 6.54 Å². The SMILES string of the molecule is CCC1(CC)C(=O)NC(=O)N1CCc1ccsc1. The van der Waals surface area contributed by atoms with E-state index in [1.165, 1.54) is 5.56 Å². The van der Waals surface area contributed by atoms with E-state index in [4.69, 9.17) is 0 Å². The molecule has 1 aromatic rings. The van der Waals surface area contributed by atoms with Crippen molar-refractivity contribution in [3.63, 3.8) is 0 Å². The Kier molecular flexibility index (Phi) is 3.71. The summed E-state index contributed by atoms with van der Waals surface area (Å²) >= 11 is 1.65. The molecule has 3 amide bonds. The van der Waals surface area contributed by atoms with E-state index in [2.05, 4.69) is 16.8 Å². The first-order valence-electron chi connectivity index (χ1n) is 6.28. The highest BCUT2D eigenvalue weighted by molar-refractivity contribution is 7.07. The molecule has 2 heterocycles. The summed E-state index contributed by atoms with van der Waals surface area (Å²) in [7, 11) is 0. The topological polar surface area (TPSA) is 49.4 Å². The van der Waals surface area contributed by atoms with Gasteiger partial charge in [-0.25, -0.2) is 4.79 Å². The first kappa shape index (κ1) is 13.1. The molecule has 0 spiro atoms. The molecule has 2 rings (SSSR count). The van der Waals surface area contributed by atoms with E-state index >= 15 is 0 Å². The lowest BCUT2D eigenvalue weighted by atomic mass is 9.91. The van der Waals surface area contributed by atoms with Gasteiger partial charge in [-0.05, 0) is 41.7 Å². The van der Waals surface area contributed by atoms with E-state index in [1.807, 2.05) is 19.2 Å². The quantitative estimate of drug-likeness (QED) is 0.832. The molecule has 0 aromatic carbocycles. The summed E-state index contributed by atoms with van der Waals surface area (Å²) in [5, 5.41) is 6.54. The molecule has 5 heteroatoms. The van der Waals surface area contributed by atoms with Crippen LogP contribution in [0.3, 0.4) is 0 Å². The Morgan fingerprint density at radius 1 is 1.33 bits per heavy atom. The fourth-order valence-corrected chi connectivity index (χ4v) is 3.25. The average molecular weight is 266 g/mol. The zero-order chi connectivity index (χ0) is 13.2. The summed E-state index contributed by atoms with van der Waals surface area (Å²) in [6.07, 6.45) is 2.11. The van der Waals surface area contributed by atoms with Gasteiger partial charge in [0.1, 0.15) is 5.54 Å². The molecular weight excluding hydrogens is 248 g/mol. The minimum atomic E-state index is -0.646. The van der Waals surface area contributed by atoms with Gasteiger partial charge in [-0.1, -0.05) is 13.8 Å². The van der Waals surface area contributed by atoms with Crippen LogP contribution in [0.15, 0.2) is 16.8 Å². The lowest BCUT2D eigenvalue weighted by Crippen LogP contribution is -2.49. The molecule has 1 fully saturated rings. The first-order chi connectivity index (χ1) is 8.64. The second-order valence-electron chi connectivity index (χ2n) is 4.53. The highest BCUT2D eigenvalue weighted by Gasteiger charge is 2.49. The average Bonchev–Trinajstić information content (AvgIpc) is 2.94. The zero-order valence-corrected chi connectivity index (χ0v) is 11.5. The molecule has 0 bridgehead atoms. The van der Waals surface area contributed by atoms with Crippen LogP contribution in [-0.4, -0.2) is 28.9 Å². The van der Waals surface area contributed by atoms with E-state index in [9.17, 15) is 9.59 Å². The number of hydrogen-bond donors (Lipinski definition) is 1. The summed E-state index contributed by atoms with van der Waals surface area (Å²) in [5.74, 6) is -0.150. The van der Waals surface area contributed by atoms with Gasteiger partial charge < -0.3 is 4.90 Å². The molecule has 0 unspecified atom stereocenters. The van der Waals surface area contributed by atoms with Gasteiger partial charge in [-0.2, -0.15) is 11.3 Å². The number of nitrogens with one attached hydrogen (secondary N) is 1. The van der Waals surface area contributed by atoms with E-state index in [1.54, 1.807) is 16.2 Å². The summed E-state index contributed by atoms with van der Waals surface area (Å²) in [6.45, 7) is 4.51. The lowest BCUT2D eigenvalue weighted by Gasteiger charge is -2.33. The number of amides is 3. The molecule has 1 aliphatic rings. The van der Waals surface area contributed by atoms with E-state index in [0.717, 1.165) is 6.42 Å². The molecule has 0 saturated carbocycles. The van der Waals surface area contributed by atoms with Gasteiger partial charge in [0.15, 0.2) is 0 Å². The van der Waals surface area contributed by atoms with Crippen LogP contribution in [0.25, 0.3) is 0 Å². The highest BCUT2D eigenvalue weighted by Crippen LogP contribution is 2.29. The number of rotatable bonds is 5. The van der Waals surface area contributed by atoms with Crippen molar-refractivity contribution in [3.8, 4) is 0 Å². The standard InChI is InChI=1S/C13H18N2O2S/c1-3-13(4-2)11(16)14-12(17)15(13)7-5-10-6-8-18-9-10/h6,8-9H,3-5,7H2,1-2H3,(H,14,16,17). The van der Waals surface area contributed by atoms with E-state index < -0.39 is 5.54 Å². The van der Waals surface area contributed by atoms with Crippen molar-refractivity contribution >= 4 is 23.3 Å². The van der Waals surface area contributed by atoms with Gasteiger partial charge in [-0.3, -0.25) is 10.1 Å². The predicted molar refractivity (Wildman–Crippen MR) is 71.6 cm³/mol. The highest BCUT2D eigenvalue weighted by atomic mass is 32.1. The third kappa shape index (κ3) is 2.03. The minimum Gasteiger partial charge on any atom is -0.309 e. The number of carbonyl (C=O) groups excluding carboxylic acids is 2. The monoisotopic (exact) mass is 266 g/mol. The van der Waals surface area contributed by atoms with Gasteiger partial charge in [0.05, 0.1) is 0 Å². The summed E-state index contributed by atoms with van der Waals surface area (Å²) < 4.78 is 0. The van der Waals surface area contributed by atoms with E-state index in [0.29, 0.717) is 19.4 Å². The number of urea groups is 1. The van der Waals surface area contributed by atoms with Gasteiger partial charge in [-0.15, -0.1) is 0 Å². The molecule has 0 atom stereocenters. The van der Waals surface area contributed by atoms with Crippen LogP contribution in [0.1, 0.15) is 32.3 Å². The molecule has 98 valence electrons. The molecule has 0 radical (unpaired) electrons. The summed E-state index contributed by atoms with van der Waals surface area (Å²) in [5.41, 5.74) is 0.570. The van der Waals surface area contributed by atoms with Crippen molar-refractivity contribution in [1.82, 2.24) is 10.2 Å². The maximum absolute atomic E-state index is 12.0. The van der Waals surface area contributed by atoms with E-state index in [-0.39, 0.29) is 11.9 Å². The van der Waals surface area contributed by atoms with Crippen molar-refractivity contribution < 1.29 is 9.59 Å². The molecule has 1 N–H and O–H groups in total. The number of nitrogens with zero attached hydrogens (tertiary/aromatic N) is 1. The molecule has 18 heavy (non-hydrogen) atoms. The smallest absolute Gasteiger partial charge is 0.309 e.